The SMILES string of the molecule is CCOC(=O)c1ccc(N2C(=O)C3C4CC(C3C2=O)C2C(c3ccco3)c3sc(=S)[nH]c3SC42)cc1. The van der Waals surface area contributed by atoms with Gasteiger partial charge in [-0.15, -0.1) is 23.1 Å². The predicted molar refractivity (Wildman–Crippen MR) is 137 cm³/mol. The smallest absolute Gasteiger partial charge is 0.338 e. The lowest BCUT2D eigenvalue weighted by Crippen LogP contribution is -2.42. The Morgan fingerprint density at radius 1 is 1.17 bits per heavy atom. The number of furan rings is 1. The number of fused-ring (bicyclic) bond motifs is 9. The second kappa shape index (κ2) is 8.16. The average Bonchev–Trinajstić information content (AvgIpc) is 3.67. The largest absolute Gasteiger partial charge is 0.469 e. The van der Waals surface area contributed by atoms with Crippen molar-refractivity contribution in [1.29, 1.82) is 0 Å². The molecule has 2 aromatic heterocycles. The number of rotatable bonds is 4. The Hall–Kier alpha value is -2.69. The first-order chi connectivity index (χ1) is 17.5. The molecule has 184 valence electrons. The molecule has 7 rings (SSSR count). The molecule has 2 aliphatic heterocycles. The summed E-state index contributed by atoms with van der Waals surface area (Å²) >= 11 is 8.84. The van der Waals surface area contributed by atoms with Crippen molar-refractivity contribution in [2.24, 2.45) is 29.6 Å². The molecule has 3 aromatic rings. The van der Waals surface area contributed by atoms with E-state index in [2.05, 4.69) is 4.98 Å². The molecule has 36 heavy (non-hydrogen) atoms. The van der Waals surface area contributed by atoms with Gasteiger partial charge in [-0.25, -0.2) is 4.79 Å². The molecule has 2 bridgehead atoms. The average molecular weight is 539 g/mol. The fourth-order valence-corrected chi connectivity index (χ4v) is 10.3. The van der Waals surface area contributed by atoms with Crippen molar-refractivity contribution < 1.29 is 23.5 Å². The number of H-pyrrole nitrogens is 1. The van der Waals surface area contributed by atoms with Gasteiger partial charge in [0.1, 0.15) is 5.76 Å². The van der Waals surface area contributed by atoms with Gasteiger partial charge in [-0.05, 0) is 79.7 Å². The third kappa shape index (κ3) is 3.04. The van der Waals surface area contributed by atoms with E-state index >= 15 is 0 Å². The number of thiazole rings is 1. The maximum atomic E-state index is 13.8. The van der Waals surface area contributed by atoms with Crippen molar-refractivity contribution in [3.05, 3.63) is 62.8 Å². The normalized spacial score (nSPS) is 31.9. The van der Waals surface area contributed by atoms with Crippen LogP contribution < -0.4 is 4.90 Å². The van der Waals surface area contributed by atoms with E-state index in [1.54, 1.807) is 60.6 Å². The van der Waals surface area contributed by atoms with Crippen LogP contribution in [-0.4, -0.2) is 34.6 Å². The van der Waals surface area contributed by atoms with Crippen LogP contribution in [0.3, 0.4) is 0 Å². The molecule has 4 aliphatic rings. The fraction of sp³-hybridized carbons (Fsp3) is 0.385. The summed E-state index contributed by atoms with van der Waals surface area (Å²) in [5.41, 5.74) is 0.903. The third-order valence-electron chi connectivity index (χ3n) is 8.21. The molecule has 10 heteroatoms. The molecule has 2 amide bonds. The Morgan fingerprint density at radius 2 is 1.92 bits per heavy atom. The quantitative estimate of drug-likeness (QED) is 0.275. The van der Waals surface area contributed by atoms with Crippen molar-refractivity contribution in [3.8, 4) is 0 Å². The highest BCUT2D eigenvalue weighted by molar-refractivity contribution is 8.00. The van der Waals surface area contributed by atoms with E-state index < -0.39 is 5.97 Å². The van der Waals surface area contributed by atoms with Crippen LogP contribution in [0.2, 0.25) is 0 Å². The zero-order valence-electron chi connectivity index (χ0n) is 19.2. The maximum absolute atomic E-state index is 13.8. The molecule has 1 aromatic carbocycles. The number of nitrogens with one attached hydrogen (secondary N) is 1. The van der Waals surface area contributed by atoms with Crippen LogP contribution in [0.15, 0.2) is 52.1 Å². The van der Waals surface area contributed by atoms with Crippen molar-refractivity contribution >= 4 is 58.8 Å². The van der Waals surface area contributed by atoms with Gasteiger partial charge in [0.05, 0.1) is 46.9 Å². The van der Waals surface area contributed by atoms with E-state index in [1.165, 1.54) is 9.78 Å². The van der Waals surface area contributed by atoms with E-state index in [0.717, 1.165) is 21.2 Å². The number of ether oxygens (including phenoxy) is 1. The minimum atomic E-state index is -0.422. The number of amides is 2. The molecule has 7 nitrogen and oxygen atoms in total. The number of benzene rings is 1. The molecule has 1 saturated heterocycles. The molecule has 2 aliphatic carbocycles. The van der Waals surface area contributed by atoms with Crippen LogP contribution in [-0.2, 0) is 14.3 Å². The second-order valence-corrected chi connectivity index (χ2v) is 12.7. The number of aromatic amines is 1. The number of hydrogen-bond acceptors (Lipinski definition) is 8. The van der Waals surface area contributed by atoms with Crippen molar-refractivity contribution in [2.75, 3.05) is 11.5 Å². The summed E-state index contributed by atoms with van der Waals surface area (Å²) in [4.78, 5) is 45.4. The Labute approximate surface area is 220 Å². The number of aromatic nitrogens is 1. The Bertz CT molecular complexity index is 1440. The molecule has 0 spiro atoms. The molecule has 1 N–H and O–H groups in total. The summed E-state index contributed by atoms with van der Waals surface area (Å²) in [5.74, 6) is -0.00529. The van der Waals surface area contributed by atoms with Crippen LogP contribution >= 0.6 is 35.3 Å². The van der Waals surface area contributed by atoms with Gasteiger partial charge in [-0.3, -0.25) is 14.5 Å². The lowest BCUT2D eigenvalue weighted by Gasteiger charge is -2.42. The highest BCUT2D eigenvalue weighted by Gasteiger charge is 2.70. The number of carbonyl (C=O) groups excluding carboxylic acids is 3. The van der Waals surface area contributed by atoms with E-state index in [1.807, 2.05) is 12.1 Å². The summed E-state index contributed by atoms with van der Waals surface area (Å²) in [6.45, 7) is 2.04. The van der Waals surface area contributed by atoms with Gasteiger partial charge in [0.15, 0.2) is 3.95 Å². The van der Waals surface area contributed by atoms with Gasteiger partial charge in [-0.1, -0.05) is 0 Å². The number of thioether (sulfide) groups is 1. The number of esters is 1. The Morgan fingerprint density at radius 3 is 2.61 bits per heavy atom. The standard InChI is InChI=1S/C26H22N2O5S3/c1-2-32-25(31)11-5-7-12(8-6-11)28-23(29)17-13-10-14(18(17)24(28)30)20-16(13)19(15-4-3-9-33-15)21-22(35-20)27-26(34)36-21/h3-9,13-14,16-20H,2,10H2,1H3,(H,27,34). The van der Waals surface area contributed by atoms with Crippen LogP contribution in [0.4, 0.5) is 5.69 Å². The van der Waals surface area contributed by atoms with Gasteiger partial charge in [0.2, 0.25) is 11.8 Å². The highest BCUT2D eigenvalue weighted by atomic mass is 32.2. The lowest BCUT2D eigenvalue weighted by molar-refractivity contribution is -0.123. The van der Waals surface area contributed by atoms with E-state index in [0.29, 0.717) is 11.3 Å². The summed E-state index contributed by atoms with van der Waals surface area (Å²) < 4.78 is 11.7. The molecule has 3 fully saturated rings. The summed E-state index contributed by atoms with van der Waals surface area (Å²) in [5, 5.41) is 1.28. The molecule has 2 saturated carbocycles. The number of anilines is 1. The van der Waals surface area contributed by atoms with Gasteiger partial charge in [0, 0.05) is 10.1 Å². The molecule has 7 unspecified atom stereocenters. The van der Waals surface area contributed by atoms with E-state index in [9.17, 15) is 14.4 Å². The highest BCUT2D eigenvalue weighted by Crippen LogP contribution is 2.69. The first kappa shape index (κ1) is 22.5. The van der Waals surface area contributed by atoms with Gasteiger partial charge in [0.25, 0.3) is 0 Å². The molecule has 7 atom stereocenters. The lowest BCUT2D eigenvalue weighted by atomic mass is 9.69. The van der Waals surface area contributed by atoms with E-state index in [4.69, 9.17) is 21.4 Å². The Balaban J connectivity index is 1.24. The third-order valence-corrected chi connectivity index (χ3v) is 11.2. The zero-order chi connectivity index (χ0) is 24.7. The zero-order valence-corrected chi connectivity index (χ0v) is 21.7. The van der Waals surface area contributed by atoms with Gasteiger partial charge in [-0.2, -0.15) is 0 Å². The first-order valence-electron chi connectivity index (χ1n) is 12.1. The summed E-state index contributed by atoms with van der Waals surface area (Å²) in [6, 6.07) is 10.5. The van der Waals surface area contributed by atoms with Gasteiger partial charge < -0.3 is 14.1 Å². The topological polar surface area (TPSA) is 92.6 Å². The summed E-state index contributed by atoms with van der Waals surface area (Å²) in [7, 11) is 0. The number of hydrogen-bond donors (Lipinski definition) is 1. The van der Waals surface area contributed by atoms with Crippen molar-refractivity contribution in [2.45, 2.75) is 29.5 Å². The minimum absolute atomic E-state index is 0.0240. The van der Waals surface area contributed by atoms with Crippen molar-refractivity contribution in [1.82, 2.24) is 4.98 Å². The van der Waals surface area contributed by atoms with Gasteiger partial charge >= 0.3 is 5.97 Å². The molecule has 4 heterocycles. The number of carbonyl (C=O) groups is 3. The maximum Gasteiger partial charge on any atom is 0.338 e. The fourth-order valence-electron chi connectivity index (χ4n) is 7.02. The van der Waals surface area contributed by atoms with Crippen LogP contribution in [0.25, 0.3) is 0 Å². The number of imide groups is 1. The second-order valence-electron chi connectivity index (χ2n) is 9.76. The predicted octanol–water partition coefficient (Wildman–Crippen LogP) is 5.25. The van der Waals surface area contributed by atoms with E-state index in [-0.39, 0.29) is 59.2 Å². The van der Waals surface area contributed by atoms with Crippen LogP contribution in [0, 0.1) is 33.5 Å². The first-order valence-corrected chi connectivity index (χ1v) is 14.2. The summed E-state index contributed by atoms with van der Waals surface area (Å²) in [6.07, 6.45) is 2.57. The number of nitrogens with zero attached hydrogens (tertiary/aromatic N) is 1. The minimum Gasteiger partial charge on any atom is -0.469 e. The Kier molecular flexibility index (Phi) is 5.10. The van der Waals surface area contributed by atoms with Crippen LogP contribution in [0.1, 0.15) is 40.3 Å². The monoisotopic (exact) mass is 538 g/mol. The van der Waals surface area contributed by atoms with Crippen LogP contribution in [0.5, 0.6) is 0 Å². The molecular formula is C26H22N2O5S3. The molecular weight excluding hydrogens is 516 g/mol. The molecule has 0 radical (unpaired) electrons. The van der Waals surface area contributed by atoms with Crippen molar-refractivity contribution in [3.63, 3.8) is 0 Å².